The van der Waals surface area contributed by atoms with Gasteiger partial charge in [-0.25, -0.2) is 0 Å². The summed E-state index contributed by atoms with van der Waals surface area (Å²) in [5, 5.41) is 0. The summed E-state index contributed by atoms with van der Waals surface area (Å²) in [5.74, 6) is 0.136. The molecule has 0 aliphatic heterocycles. The van der Waals surface area contributed by atoms with Crippen LogP contribution in [0.4, 0.5) is 0 Å². The molecule has 2 rings (SSSR count). The molecule has 0 heterocycles. The van der Waals surface area contributed by atoms with Crippen molar-refractivity contribution in [2.45, 2.75) is 13.3 Å². The lowest BCUT2D eigenvalue weighted by atomic mass is 9.92. The van der Waals surface area contributed by atoms with Crippen LogP contribution in [0.25, 0.3) is 11.1 Å². The van der Waals surface area contributed by atoms with Crippen molar-refractivity contribution in [2.75, 3.05) is 20.6 Å². The maximum atomic E-state index is 11.9. The number of rotatable bonds is 5. The summed E-state index contributed by atoms with van der Waals surface area (Å²) in [6.07, 6.45) is 0.882. The van der Waals surface area contributed by atoms with Gasteiger partial charge in [0, 0.05) is 12.1 Å². The molecule has 0 saturated heterocycles. The zero-order valence-electron chi connectivity index (χ0n) is 12.4. The minimum atomic E-state index is 0.136. The summed E-state index contributed by atoms with van der Waals surface area (Å²) >= 11 is 0. The number of likely N-dealkylation sites (N-methyl/N-ethyl adjacent to an activating group) is 1. The second-order valence-electron chi connectivity index (χ2n) is 5.31. The Morgan fingerprint density at radius 2 is 1.70 bits per heavy atom. The van der Waals surface area contributed by atoms with Crippen molar-refractivity contribution in [2.24, 2.45) is 0 Å². The lowest BCUT2D eigenvalue weighted by molar-refractivity contribution is 0.101. The molecule has 0 bridgehead atoms. The first-order valence-corrected chi connectivity index (χ1v) is 6.92. The zero-order valence-corrected chi connectivity index (χ0v) is 12.4. The quantitative estimate of drug-likeness (QED) is 0.771. The molecule has 0 aromatic heterocycles. The Morgan fingerprint density at radius 3 is 2.30 bits per heavy atom. The highest BCUT2D eigenvalue weighted by Crippen LogP contribution is 2.27. The molecule has 0 aliphatic rings. The van der Waals surface area contributed by atoms with E-state index in [2.05, 4.69) is 37.2 Å². The number of carbonyl (C=O) groups excluding carboxylic acids is 1. The molecule has 0 saturated carbocycles. The number of nitrogens with zero attached hydrogens (tertiary/aromatic N) is 1. The van der Waals surface area contributed by atoms with Crippen LogP contribution in [-0.4, -0.2) is 31.3 Å². The van der Waals surface area contributed by atoms with Gasteiger partial charge in [-0.05, 0) is 44.1 Å². The molecular weight excluding hydrogens is 246 g/mol. The topological polar surface area (TPSA) is 20.3 Å². The molecule has 2 nitrogen and oxygen atoms in total. The molecule has 104 valence electrons. The first kappa shape index (κ1) is 14.5. The maximum absolute atomic E-state index is 11.9. The molecule has 0 aliphatic carbocycles. The molecule has 20 heavy (non-hydrogen) atoms. The van der Waals surface area contributed by atoms with E-state index in [0.717, 1.165) is 24.1 Å². The van der Waals surface area contributed by atoms with E-state index in [1.807, 2.05) is 30.3 Å². The van der Waals surface area contributed by atoms with Crippen LogP contribution in [-0.2, 0) is 6.42 Å². The van der Waals surface area contributed by atoms with E-state index >= 15 is 0 Å². The van der Waals surface area contributed by atoms with Gasteiger partial charge in [0.15, 0.2) is 5.78 Å². The Kier molecular flexibility index (Phi) is 4.70. The first-order valence-electron chi connectivity index (χ1n) is 6.92. The number of hydrogen-bond acceptors (Lipinski definition) is 2. The number of hydrogen-bond donors (Lipinski definition) is 0. The van der Waals surface area contributed by atoms with Crippen molar-refractivity contribution in [1.82, 2.24) is 4.90 Å². The van der Waals surface area contributed by atoms with E-state index in [0.29, 0.717) is 0 Å². The summed E-state index contributed by atoms with van der Waals surface area (Å²) in [6.45, 7) is 2.58. The van der Waals surface area contributed by atoms with Crippen molar-refractivity contribution < 1.29 is 4.79 Å². The predicted octanol–water partition coefficient (Wildman–Crippen LogP) is 3.66. The van der Waals surface area contributed by atoms with Gasteiger partial charge < -0.3 is 4.90 Å². The minimum Gasteiger partial charge on any atom is -0.309 e. The van der Waals surface area contributed by atoms with Gasteiger partial charge in [-0.2, -0.15) is 0 Å². The van der Waals surface area contributed by atoms with Crippen LogP contribution in [0, 0.1) is 0 Å². The highest BCUT2D eigenvalue weighted by molar-refractivity contribution is 5.97. The zero-order chi connectivity index (χ0) is 14.5. The minimum absolute atomic E-state index is 0.136. The molecule has 2 aromatic rings. The number of ketones is 1. The van der Waals surface area contributed by atoms with Gasteiger partial charge in [-0.1, -0.05) is 48.5 Å². The monoisotopic (exact) mass is 267 g/mol. The lowest BCUT2D eigenvalue weighted by Crippen LogP contribution is -2.17. The Bertz CT molecular complexity index is 588. The third-order valence-corrected chi connectivity index (χ3v) is 3.45. The van der Waals surface area contributed by atoms with Crippen LogP contribution in [0.15, 0.2) is 48.5 Å². The molecule has 0 N–H and O–H groups in total. The van der Waals surface area contributed by atoms with Gasteiger partial charge in [0.1, 0.15) is 0 Å². The highest BCUT2D eigenvalue weighted by Gasteiger charge is 2.13. The summed E-state index contributed by atoms with van der Waals surface area (Å²) in [4.78, 5) is 14.0. The Balaban J connectivity index is 2.50. The van der Waals surface area contributed by atoms with Gasteiger partial charge in [0.25, 0.3) is 0 Å². The second kappa shape index (κ2) is 6.49. The molecule has 0 unspecified atom stereocenters. The standard InChI is InChI=1S/C18H21NO/c1-14(20)16-10-7-11-17(15-8-5-4-6-9-15)18(16)12-13-19(2)3/h4-11H,12-13H2,1-3H3. The molecule has 0 atom stereocenters. The molecule has 0 fully saturated rings. The van der Waals surface area contributed by atoms with Crippen LogP contribution in [0.5, 0.6) is 0 Å². The van der Waals surface area contributed by atoms with Crippen LogP contribution in [0.3, 0.4) is 0 Å². The van der Waals surface area contributed by atoms with E-state index in [1.54, 1.807) is 6.92 Å². The van der Waals surface area contributed by atoms with Crippen molar-refractivity contribution in [3.63, 3.8) is 0 Å². The Labute approximate surface area is 121 Å². The van der Waals surface area contributed by atoms with E-state index in [1.165, 1.54) is 11.1 Å². The van der Waals surface area contributed by atoms with Crippen LogP contribution >= 0.6 is 0 Å². The Hall–Kier alpha value is -1.93. The highest BCUT2D eigenvalue weighted by atomic mass is 16.1. The second-order valence-corrected chi connectivity index (χ2v) is 5.31. The van der Waals surface area contributed by atoms with E-state index < -0.39 is 0 Å². The van der Waals surface area contributed by atoms with Crippen LogP contribution in [0.1, 0.15) is 22.8 Å². The van der Waals surface area contributed by atoms with Gasteiger partial charge in [0.2, 0.25) is 0 Å². The fraction of sp³-hybridized carbons (Fsp3) is 0.278. The number of carbonyl (C=O) groups is 1. The number of benzene rings is 2. The molecule has 0 radical (unpaired) electrons. The van der Waals surface area contributed by atoms with Gasteiger partial charge in [-0.3, -0.25) is 4.79 Å². The van der Waals surface area contributed by atoms with E-state index in [-0.39, 0.29) is 5.78 Å². The average molecular weight is 267 g/mol. The predicted molar refractivity (Wildman–Crippen MR) is 84.1 cm³/mol. The average Bonchev–Trinajstić information content (AvgIpc) is 2.45. The van der Waals surface area contributed by atoms with Crippen LogP contribution in [0.2, 0.25) is 0 Å². The van der Waals surface area contributed by atoms with Crippen molar-refractivity contribution in [3.8, 4) is 11.1 Å². The van der Waals surface area contributed by atoms with E-state index in [4.69, 9.17) is 0 Å². The maximum Gasteiger partial charge on any atom is 0.160 e. The van der Waals surface area contributed by atoms with Gasteiger partial charge in [0.05, 0.1) is 0 Å². The van der Waals surface area contributed by atoms with Crippen LogP contribution < -0.4 is 0 Å². The lowest BCUT2D eigenvalue weighted by Gasteiger charge is -2.16. The summed E-state index contributed by atoms with van der Waals surface area (Å²) < 4.78 is 0. The normalized spacial score (nSPS) is 10.8. The molecule has 2 aromatic carbocycles. The van der Waals surface area contributed by atoms with Crippen molar-refractivity contribution in [1.29, 1.82) is 0 Å². The summed E-state index contributed by atoms with van der Waals surface area (Å²) in [5.41, 5.74) is 4.33. The molecular formula is C18H21NO. The third-order valence-electron chi connectivity index (χ3n) is 3.45. The third kappa shape index (κ3) is 3.34. The Morgan fingerprint density at radius 1 is 1.00 bits per heavy atom. The molecule has 2 heteroatoms. The first-order chi connectivity index (χ1) is 9.59. The summed E-state index contributed by atoms with van der Waals surface area (Å²) in [7, 11) is 4.11. The molecule has 0 spiro atoms. The fourth-order valence-corrected chi connectivity index (χ4v) is 2.41. The SMILES string of the molecule is CC(=O)c1cccc(-c2ccccc2)c1CCN(C)C. The largest absolute Gasteiger partial charge is 0.309 e. The number of Topliss-reactive ketones (excluding diaryl/α,β-unsaturated/α-hetero) is 1. The summed E-state index contributed by atoms with van der Waals surface area (Å²) in [6, 6.07) is 16.3. The van der Waals surface area contributed by atoms with Gasteiger partial charge >= 0.3 is 0 Å². The fourth-order valence-electron chi connectivity index (χ4n) is 2.41. The van der Waals surface area contributed by atoms with Crippen molar-refractivity contribution in [3.05, 3.63) is 59.7 Å². The van der Waals surface area contributed by atoms with Gasteiger partial charge in [-0.15, -0.1) is 0 Å². The smallest absolute Gasteiger partial charge is 0.160 e. The van der Waals surface area contributed by atoms with E-state index in [9.17, 15) is 4.79 Å². The van der Waals surface area contributed by atoms with Crippen molar-refractivity contribution >= 4 is 5.78 Å². The molecule has 0 amide bonds.